The average Bonchev–Trinajstić information content (AvgIpc) is 1.60. The van der Waals surface area contributed by atoms with Crippen LogP contribution in [0.3, 0.4) is 0 Å². The molecular formula is C71H117N19O20S2. The zero-order valence-electron chi connectivity index (χ0n) is 65.9. The number of carbonyl (C=O) groups is 17. The second-order valence-corrected chi connectivity index (χ2v) is 33.9. The molecule has 0 unspecified atom stereocenters. The first-order valence-electron chi connectivity index (χ1n) is 38.2. The Morgan fingerprint density at radius 2 is 0.973 bits per heavy atom. The third-order valence-corrected chi connectivity index (χ3v) is 23.8. The molecule has 5 heterocycles. The fourth-order valence-electron chi connectivity index (χ4n) is 13.5. The van der Waals surface area contributed by atoms with Gasteiger partial charge >= 0.3 is 5.97 Å². The predicted molar refractivity (Wildman–Crippen MR) is 410 cm³/mol. The third-order valence-electron chi connectivity index (χ3n) is 20.5. The number of aliphatic carboxylic acids is 1. The van der Waals surface area contributed by atoms with Crippen molar-refractivity contribution in [3.05, 3.63) is 0 Å². The van der Waals surface area contributed by atoms with E-state index in [1.807, 2.05) is 0 Å². The Morgan fingerprint density at radius 3 is 1.52 bits per heavy atom. The summed E-state index contributed by atoms with van der Waals surface area (Å²) in [6.45, 7) is 15.7. The largest absolute Gasteiger partial charge is 0.481 e. The predicted octanol–water partition coefficient (Wildman–Crippen LogP) is -5.18. The number of carboxylic acid groups (broad SMARTS) is 1. The zero-order chi connectivity index (χ0) is 83.8. The first-order valence-corrected chi connectivity index (χ1v) is 40.5. The highest BCUT2D eigenvalue weighted by atomic mass is 33.1. The quantitative estimate of drug-likeness (QED) is 0.0315. The minimum absolute atomic E-state index is 0.00447. The van der Waals surface area contributed by atoms with Crippen molar-refractivity contribution in [2.45, 2.75) is 256 Å². The van der Waals surface area contributed by atoms with Crippen LogP contribution in [0.4, 0.5) is 0 Å². The SMILES string of the molecule is CC[C@H](C)[C@@H]1NC(=O)CNC(=O)CNC(=O)[C@H](C)NC(=O)[C@H](CC(=O)O)NC(=O)[C@@H]2CCCN2C(=O)[C@H]([C@@H](C)CC)NC(=O)[C@H]2NC(=O)[C@H]([C@@H](C)CC)NC(=O)[C@@H]3CCCN3C(=O)[C@@H]3CCCN3C(=O)[C@H](CC(C)(C)C)NC(=O)[C@H](CO)NC(=O)[C@H](CCCN=C(N)N)NC(=O)[C@H](CO)NC(=O)[C@H](CSSC2(C)C)NC1=O. The molecule has 0 saturated carbocycles. The van der Waals surface area contributed by atoms with Crippen LogP contribution in [0.1, 0.15) is 167 Å². The number of aliphatic hydroxyl groups excluding tert-OH is 2. The fourth-order valence-corrected chi connectivity index (χ4v) is 16.3. The Morgan fingerprint density at radius 1 is 0.518 bits per heavy atom. The van der Waals surface area contributed by atoms with E-state index in [-0.39, 0.29) is 96.3 Å². The van der Waals surface area contributed by atoms with Crippen LogP contribution < -0.4 is 80.6 Å². The highest BCUT2D eigenvalue weighted by Gasteiger charge is 2.49. The molecule has 628 valence electrons. The van der Waals surface area contributed by atoms with Crippen molar-refractivity contribution in [1.82, 2.24) is 83.8 Å². The Balaban J connectivity index is 1.73. The smallest absolute Gasteiger partial charge is 0.305 e. The number of hydrogen-bond acceptors (Lipinski definition) is 22. The molecule has 0 radical (unpaired) electrons. The molecule has 5 saturated heterocycles. The molecule has 17 atom stereocenters. The standard InChI is InChI=1S/C71H117N19O20S2/c1-13-35(4)51-63(105)83-44-34-111-112-71(11,12)54(65(107)86-53(37(6)15-3)68(110)89-26-18-21-45(89)61(103)79-40(28-50(95)96)57(99)77-38(7)55(97)76-30-48(93)75-31-49(94)84-51)87-64(106)52(36(5)14-2)85-62(104)46-22-17-25-88(46)67(109)47-23-19-27-90(47)66(108)41(29-70(8,9)10)80-59(101)43(33-92)81-56(98)39(20-16-24-74-69(72)73)78-58(100)42(32-91)82-60(44)102/h35-47,51-54,91-92H,13-34H2,1-12H3,(H,75,93)(H,76,97)(H,77,99)(H,78,100)(H,79,103)(H,80,101)(H,81,98)(H,82,102)(H,83,105)(H,84,94)(H,85,104)(H,86,107)(H,87,106)(H,95,96)(H4,72,73,74)/t35-,36-,37-,38-,39-,40-,41-,42-,43-,44-,45-,46-,47-,51-,52-,53-,54+/m0/s1. The Bertz CT molecular complexity index is 3470. The van der Waals surface area contributed by atoms with Crippen LogP contribution in [-0.4, -0.2) is 284 Å². The molecule has 16 amide bonds. The number of rotatable bonds is 15. The van der Waals surface area contributed by atoms with E-state index in [1.165, 1.54) is 35.5 Å². The maximum absolute atomic E-state index is 15.7. The molecule has 0 aromatic rings. The number of carboxylic acids is 1. The minimum atomic E-state index is -1.96. The van der Waals surface area contributed by atoms with E-state index in [1.54, 1.807) is 62.3 Å². The third kappa shape index (κ3) is 26.8. The van der Waals surface area contributed by atoms with Crippen molar-refractivity contribution in [3.63, 3.8) is 0 Å². The molecule has 0 aromatic carbocycles. The number of nitrogens with one attached hydrogen (secondary N) is 13. The Labute approximate surface area is 659 Å². The van der Waals surface area contributed by atoms with E-state index >= 15 is 24.0 Å². The van der Waals surface area contributed by atoms with E-state index in [4.69, 9.17) is 11.5 Å². The number of guanidine groups is 1. The van der Waals surface area contributed by atoms with Gasteiger partial charge in [-0.2, -0.15) is 0 Å². The average molecular weight is 1620 g/mol. The second-order valence-electron chi connectivity index (χ2n) is 30.9. The number of carbonyl (C=O) groups excluding carboxylic acids is 16. The van der Waals surface area contributed by atoms with E-state index in [9.17, 15) is 72.9 Å². The lowest BCUT2D eigenvalue weighted by Crippen LogP contribution is -2.64. The van der Waals surface area contributed by atoms with Gasteiger partial charge in [-0.1, -0.05) is 103 Å². The van der Waals surface area contributed by atoms with Crippen molar-refractivity contribution in [1.29, 1.82) is 0 Å². The summed E-state index contributed by atoms with van der Waals surface area (Å²) >= 11 is 0. The van der Waals surface area contributed by atoms with Crippen LogP contribution in [0.15, 0.2) is 4.99 Å². The first kappa shape index (κ1) is 93.5. The molecule has 39 nitrogen and oxygen atoms in total. The topological polar surface area (TPSA) is 581 Å². The Kier molecular flexibility index (Phi) is 36.1. The molecular weight excluding hydrogens is 1500 g/mol. The molecule has 5 rings (SSSR count). The lowest BCUT2D eigenvalue weighted by molar-refractivity contribution is -0.148. The van der Waals surface area contributed by atoms with Crippen molar-refractivity contribution < 1.29 is 96.8 Å². The molecule has 0 spiro atoms. The monoisotopic (exact) mass is 1620 g/mol. The number of aliphatic imine (C=N–C) groups is 1. The number of nitrogens with two attached hydrogens (primary N) is 2. The summed E-state index contributed by atoms with van der Waals surface area (Å²) in [6, 6.07) is -21.8. The van der Waals surface area contributed by atoms with Gasteiger partial charge in [0.05, 0.1) is 32.7 Å². The molecule has 5 aliphatic rings. The van der Waals surface area contributed by atoms with E-state index in [0.29, 0.717) is 12.8 Å². The van der Waals surface area contributed by atoms with Gasteiger partial charge in [-0.15, -0.1) is 0 Å². The molecule has 5 fully saturated rings. The highest BCUT2D eigenvalue weighted by Crippen LogP contribution is 2.39. The van der Waals surface area contributed by atoms with Gasteiger partial charge in [0.1, 0.15) is 84.6 Å². The summed E-state index contributed by atoms with van der Waals surface area (Å²) in [4.78, 5) is 253. The summed E-state index contributed by atoms with van der Waals surface area (Å²) in [5, 5.41) is 64.5. The fraction of sp³-hybridized carbons (Fsp3) is 0.746. The summed E-state index contributed by atoms with van der Waals surface area (Å²) in [5.74, 6) is -19.8. The van der Waals surface area contributed by atoms with Crippen LogP contribution in [0.5, 0.6) is 0 Å². The normalized spacial score (nSPS) is 29.4. The number of fused-ring (bicyclic) bond motifs is 8. The first-order chi connectivity index (χ1) is 52.6. The van der Waals surface area contributed by atoms with E-state index in [2.05, 4.69) is 74.1 Å². The van der Waals surface area contributed by atoms with Crippen LogP contribution >= 0.6 is 21.6 Å². The molecule has 5 aliphatic heterocycles. The summed E-state index contributed by atoms with van der Waals surface area (Å²) < 4.78 is -1.62. The lowest BCUT2D eigenvalue weighted by Gasteiger charge is -2.37. The van der Waals surface area contributed by atoms with Crippen molar-refractivity contribution in [2.75, 3.05) is 58.2 Å². The number of amides is 16. The van der Waals surface area contributed by atoms with Crippen LogP contribution in [0.2, 0.25) is 0 Å². The molecule has 112 heavy (non-hydrogen) atoms. The van der Waals surface area contributed by atoms with Crippen molar-refractivity contribution in [3.8, 4) is 0 Å². The maximum atomic E-state index is 15.7. The van der Waals surface area contributed by atoms with E-state index < -0.39 is 251 Å². The van der Waals surface area contributed by atoms with Gasteiger partial charge in [0.25, 0.3) is 0 Å². The van der Waals surface area contributed by atoms with Gasteiger partial charge in [0.15, 0.2) is 5.96 Å². The summed E-state index contributed by atoms with van der Waals surface area (Å²) in [6.07, 6.45) is 0.443. The van der Waals surface area contributed by atoms with Crippen LogP contribution in [0.25, 0.3) is 0 Å². The molecule has 2 bridgehead atoms. The van der Waals surface area contributed by atoms with Crippen molar-refractivity contribution in [2.24, 2.45) is 39.6 Å². The number of aliphatic hydroxyl groups is 2. The van der Waals surface area contributed by atoms with Crippen molar-refractivity contribution >= 4 is 128 Å². The lowest BCUT2D eigenvalue weighted by atomic mass is 9.87. The van der Waals surface area contributed by atoms with Gasteiger partial charge in [0.2, 0.25) is 94.5 Å². The number of hydrogen-bond donors (Lipinski definition) is 18. The minimum Gasteiger partial charge on any atom is -0.481 e. The molecule has 0 aliphatic carbocycles. The van der Waals surface area contributed by atoms with Crippen LogP contribution in [-0.2, 0) is 81.5 Å². The molecule has 0 aromatic heterocycles. The van der Waals surface area contributed by atoms with Gasteiger partial charge < -0.3 is 111 Å². The van der Waals surface area contributed by atoms with Gasteiger partial charge in [-0.05, 0) is 102 Å². The number of nitrogens with zero attached hydrogens (tertiary/aromatic N) is 4. The second kappa shape index (κ2) is 43.2. The maximum Gasteiger partial charge on any atom is 0.305 e. The highest BCUT2D eigenvalue weighted by molar-refractivity contribution is 8.77. The summed E-state index contributed by atoms with van der Waals surface area (Å²) in [5.41, 5.74) is 10.5. The molecule has 41 heteroatoms. The van der Waals surface area contributed by atoms with Gasteiger partial charge in [-0.3, -0.25) is 86.5 Å². The zero-order valence-corrected chi connectivity index (χ0v) is 67.5. The van der Waals surface area contributed by atoms with Gasteiger partial charge in [-0.25, -0.2) is 0 Å². The molecule has 20 N–H and O–H groups in total. The van der Waals surface area contributed by atoms with Gasteiger partial charge in [0, 0.05) is 36.7 Å². The Hall–Kier alpha value is -9.12. The van der Waals surface area contributed by atoms with Crippen LogP contribution in [0, 0.1) is 23.2 Å². The van der Waals surface area contributed by atoms with E-state index in [0.717, 1.165) is 21.6 Å². The summed E-state index contributed by atoms with van der Waals surface area (Å²) in [7, 11) is 1.69.